The number of rotatable bonds is 4. The quantitative estimate of drug-likeness (QED) is 0.776. The SMILES string of the molecule is Cc1ccc2cccc(NCc3cc(C(N)=O)cs3)c2n1. The number of nitrogens with one attached hydrogen (secondary N) is 1. The number of amides is 1. The molecule has 1 amide bonds. The largest absolute Gasteiger partial charge is 0.378 e. The van der Waals surface area contributed by atoms with Crippen LogP contribution in [-0.4, -0.2) is 10.9 Å². The molecule has 2 aromatic heterocycles. The van der Waals surface area contributed by atoms with Crippen LogP contribution in [0.25, 0.3) is 10.9 Å². The monoisotopic (exact) mass is 297 g/mol. The van der Waals surface area contributed by atoms with Gasteiger partial charge in [0.05, 0.1) is 16.8 Å². The van der Waals surface area contributed by atoms with Gasteiger partial charge in [0.2, 0.25) is 5.91 Å². The molecule has 0 saturated carbocycles. The molecular formula is C16H15N3OS. The summed E-state index contributed by atoms with van der Waals surface area (Å²) >= 11 is 1.52. The van der Waals surface area contributed by atoms with Crippen LogP contribution < -0.4 is 11.1 Å². The number of carbonyl (C=O) groups excluding carboxylic acids is 1. The first-order valence-corrected chi connectivity index (χ1v) is 7.49. The second-order valence-corrected chi connectivity index (χ2v) is 5.85. The number of pyridine rings is 1. The number of benzene rings is 1. The lowest BCUT2D eigenvalue weighted by atomic mass is 10.1. The highest BCUT2D eigenvalue weighted by Crippen LogP contribution is 2.23. The van der Waals surface area contributed by atoms with E-state index in [9.17, 15) is 4.79 Å². The Labute approximate surface area is 126 Å². The first kappa shape index (κ1) is 13.6. The van der Waals surface area contributed by atoms with Crippen molar-refractivity contribution in [2.45, 2.75) is 13.5 Å². The minimum Gasteiger partial charge on any atom is -0.378 e. The zero-order valence-electron chi connectivity index (χ0n) is 11.6. The maximum absolute atomic E-state index is 11.1. The van der Waals surface area contributed by atoms with Gasteiger partial charge in [-0.1, -0.05) is 18.2 Å². The van der Waals surface area contributed by atoms with Crippen LogP contribution in [-0.2, 0) is 6.54 Å². The van der Waals surface area contributed by atoms with Crippen LogP contribution in [0.3, 0.4) is 0 Å². The normalized spacial score (nSPS) is 10.7. The number of aryl methyl sites for hydroxylation is 1. The van der Waals surface area contributed by atoms with E-state index in [0.29, 0.717) is 12.1 Å². The van der Waals surface area contributed by atoms with Crippen molar-refractivity contribution in [3.63, 3.8) is 0 Å². The number of para-hydroxylation sites is 1. The van der Waals surface area contributed by atoms with E-state index >= 15 is 0 Å². The second-order valence-electron chi connectivity index (χ2n) is 4.85. The van der Waals surface area contributed by atoms with Crippen LogP contribution in [0.2, 0.25) is 0 Å². The van der Waals surface area contributed by atoms with Crippen molar-refractivity contribution >= 4 is 33.8 Å². The van der Waals surface area contributed by atoms with Crippen LogP contribution in [0, 0.1) is 6.92 Å². The number of primary amides is 1. The number of nitrogens with two attached hydrogens (primary N) is 1. The van der Waals surface area contributed by atoms with Crippen LogP contribution in [0.4, 0.5) is 5.69 Å². The maximum atomic E-state index is 11.1. The fourth-order valence-corrected chi connectivity index (χ4v) is 2.99. The standard InChI is InChI=1S/C16H15N3OS/c1-10-5-6-11-3-2-4-14(15(11)19-10)18-8-13-7-12(9-21-13)16(17)20/h2-7,9,18H,8H2,1H3,(H2,17,20). The molecule has 4 nitrogen and oxygen atoms in total. The van der Waals surface area contributed by atoms with Gasteiger partial charge in [-0.05, 0) is 25.1 Å². The number of carbonyl (C=O) groups is 1. The first-order valence-electron chi connectivity index (χ1n) is 6.61. The molecule has 0 aliphatic rings. The second kappa shape index (κ2) is 5.54. The third-order valence-electron chi connectivity index (χ3n) is 3.25. The zero-order valence-corrected chi connectivity index (χ0v) is 12.4. The fourth-order valence-electron chi connectivity index (χ4n) is 2.17. The van der Waals surface area contributed by atoms with Crippen molar-refractivity contribution in [2.75, 3.05) is 5.32 Å². The summed E-state index contributed by atoms with van der Waals surface area (Å²) in [6, 6.07) is 12.0. The van der Waals surface area contributed by atoms with E-state index in [4.69, 9.17) is 5.73 Å². The predicted molar refractivity (Wildman–Crippen MR) is 86.6 cm³/mol. The van der Waals surface area contributed by atoms with E-state index in [-0.39, 0.29) is 5.91 Å². The lowest BCUT2D eigenvalue weighted by Gasteiger charge is -2.08. The molecule has 3 rings (SSSR count). The first-order chi connectivity index (χ1) is 10.1. The zero-order chi connectivity index (χ0) is 14.8. The van der Waals surface area contributed by atoms with Crippen molar-refractivity contribution in [1.29, 1.82) is 0 Å². The van der Waals surface area contributed by atoms with Gasteiger partial charge in [0.25, 0.3) is 0 Å². The molecule has 106 valence electrons. The molecule has 0 saturated heterocycles. The Morgan fingerprint density at radius 2 is 2.19 bits per heavy atom. The Hall–Kier alpha value is -2.40. The highest BCUT2D eigenvalue weighted by molar-refractivity contribution is 7.10. The number of anilines is 1. The molecular weight excluding hydrogens is 282 g/mol. The molecule has 0 aliphatic heterocycles. The molecule has 3 aromatic rings. The lowest BCUT2D eigenvalue weighted by Crippen LogP contribution is -2.09. The summed E-state index contributed by atoms with van der Waals surface area (Å²) in [6.07, 6.45) is 0. The van der Waals surface area contributed by atoms with Crippen LogP contribution in [0.15, 0.2) is 41.8 Å². The average molecular weight is 297 g/mol. The van der Waals surface area contributed by atoms with Gasteiger partial charge in [-0.3, -0.25) is 9.78 Å². The molecule has 3 N–H and O–H groups in total. The Morgan fingerprint density at radius 1 is 1.33 bits per heavy atom. The number of thiophene rings is 1. The molecule has 0 bridgehead atoms. The van der Waals surface area contributed by atoms with Gasteiger partial charge in [0.1, 0.15) is 0 Å². The minimum absolute atomic E-state index is 0.389. The Morgan fingerprint density at radius 3 is 2.95 bits per heavy atom. The van der Waals surface area contributed by atoms with Crippen LogP contribution in [0.1, 0.15) is 20.9 Å². The van der Waals surface area contributed by atoms with Gasteiger partial charge in [-0.25, -0.2) is 0 Å². The summed E-state index contributed by atoms with van der Waals surface area (Å²) in [5.74, 6) is -0.389. The molecule has 0 radical (unpaired) electrons. The van der Waals surface area contributed by atoms with Gasteiger partial charge in [0, 0.05) is 27.9 Å². The number of hydrogen-bond acceptors (Lipinski definition) is 4. The van der Waals surface area contributed by atoms with Gasteiger partial charge in [0.15, 0.2) is 0 Å². The summed E-state index contributed by atoms with van der Waals surface area (Å²) in [4.78, 5) is 16.8. The molecule has 21 heavy (non-hydrogen) atoms. The molecule has 0 fully saturated rings. The molecule has 0 atom stereocenters. The van der Waals surface area contributed by atoms with Crippen molar-refractivity contribution < 1.29 is 4.79 Å². The molecule has 0 spiro atoms. The summed E-state index contributed by atoms with van der Waals surface area (Å²) in [7, 11) is 0. The number of aromatic nitrogens is 1. The minimum atomic E-state index is -0.389. The number of fused-ring (bicyclic) bond motifs is 1. The molecule has 0 aliphatic carbocycles. The Kier molecular flexibility index (Phi) is 3.58. The van der Waals surface area contributed by atoms with Crippen LogP contribution in [0.5, 0.6) is 0 Å². The van der Waals surface area contributed by atoms with E-state index in [1.54, 1.807) is 5.38 Å². The average Bonchev–Trinajstić information content (AvgIpc) is 2.94. The molecule has 2 heterocycles. The van der Waals surface area contributed by atoms with Gasteiger partial charge in [-0.15, -0.1) is 11.3 Å². The summed E-state index contributed by atoms with van der Waals surface area (Å²) < 4.78 is 0. The highest BCUT2D eigenvalue weighted by Gasteiger charge is 2.06. The predicted octanol–water partition coefficient (Wildman–Crippen LogP) is 3.32. The Bertz CT molecular complexity index is 810. The van der Waals surface area contributed by atoms with Gasteiger partial charge >= 0.3 is 0 Å². The van der Waals surface area contributed by atoms with Crippen molar-refractivity contribution in [1.82, 2.24) is 4.98 Å². The van der Waals surface area contributed by atoms with Gasteiger partial charge < -0.3 is 11.1 Å². The molecule has 0 unspecified atom stereocenters. The van der Waals surface area contributed by atoms with Crippen molar-refractivity contribution in [2.24, 2.45) is 5.73 Å². The van der Waals surface area contributed by atoms with Crippen LogP contribution >= 0.6 is 11.3 Å². The third kappa shape index (κ3) is 2.87. The number of nitrogens with zero attached hydrogens (tertiary/aromatic N) is 1. The maximum Gasteiger partial charge on any atom is 0.249 e. The van der Waals surface area contributed by atoms with Gasteiger partial charge in [-0.2, -0.15) is 0 Å². The van der Waals surface area contributed by atoms with E-state index in [2.05, 4.69) is 16.4 Å². The molecule has 1 aromatic carbocycles. The van der Waals surface area contributed by atoms with E-state index in [0.717, 1.165) is 27.2 Å². The van der Waals surface area contributed by atoms with Crippen molar-refractivity contribution in [3.8, 4) is 0 Å². The van der Waals surface area contributed by atoms with E-state index in [1.165, 1.54) is 11.3 Å². The van der Waals surface area contributed by atoms with E-state index in [1.807, 2.05) is 37.3 Å². The summed E-state index contributed by atoms with van der Waals surface area (Å²) in [6.45, 7) is 2.63. The fraction of sp³-hybridized carbons (Fsp3) is 0.125. The number of hydrogen-bond donors (Lipinski definition) is 2. The lowest BCUT2D eigenvalue weighted by molar-refractivity contribution is 0.100. The van der Waals surface area contributed by atoms with Crippen molar-refractivity contribution in [3.05, 3.63) is 57.9 Å². The summed E-state index contributed by atoms with van der Waals surface area (Å²) in [5, 5.41) is 6.27. The summed E-state index contributed by atoms with van der Waals surface area (Å²) in [5.41, 5.74) is 8.76. The third-order valence-corrected chi connectivity index (χ3v) is 4.19. The smallest absolute Gasteiger partial charge is 0.249 e. The topological polar surface area (TPSA) is 68.0 Å². The van der Waals surface area contributed by atoms with E-state index < -0.39 is 0 Å². The Balaban J connectivity index is 1.84. The highest BCUT2D eigenvalue weighted by atomic mass is 32.1. The molecule has 5 heteroatoms.